The molecule has 0 radical (unpaired) electrons. The zero-order valence-electron chi connectivity index (χ0n) is 11.9. The highest BCUT2D eigenvalue weighted by molar-refractivity contribution is 7.13. The number of likely N-dealkylation sites (N-methyl/N-ethyl adjacent to an activating group) is 1. The Kier molecular flexibility index (Phi) is 7.23. The predicted molar refractivity (Wildman–Crippen MR) is 78.6 cm³/mol. The van der Waals surface area contributed by atoms with Crippen LogP contribution in [-0.2, 0) is 4.74 Å². The van der Waals surface area contributed by atoms with Crippen LogP contribution in [0, 0.1) is 0 Å². The monoisotopic (exact) mass is 271 g/mol. The van der Waals surface area contributed by atoms with Crippen LogP contribution in [-0.4, -0.2) is 38.3 Å². The molecule has 0 aromatic carbocycles. The van der Waals surface area contributed by atoms with Crippen molar-refractivity contribution >= 4 is 16.5 Å². The topological polar surface area (TPSA) is 37.4 Å². The predicted octanol–water partition coefficient (Wildman–Crippen LogP) is 2.68. The standard InChI is InChI=1S/C13H25N3OS/c1-5-7-14-11(3)12-10-18-13(15-12)16(6-2)8-9-17-4/h10-11,14H,5-9H2,1-4H3. The van der Waals surface area contributed by atoms with Gasteiger partial charge >= 0.3 is 0 Å². The largest absolute Gasteiger partial charge is 0.383 e. The molecular formula is C13H25N3OS. The summed E-state index contributed by atoms with van der Waals surface area (Å²) < 4.78 is 5.13. The average molecular weight is 271 g/mol. The highest BCUT2D eigenvalue weighted by Gasteiger charge is 2.12. The van der Waals surface area contributed by atoms with Crippen LogP contribution in [0.3, 0.4) is 0 Å². The van der Waals surface area contributed by atoms with Gasteiger partial charge in [-0.15, -0.1) is 11.3 Å². The van der Waals surface area contributed by atoms with Crippen LogP contribution < -0.4 is 10.2 Å². The van der Waals surface area contributed by atoms with Crippen molar-refractivity contribution in [2.75, 3.05) is 38.3 Å². The van der Waals surface area contributed by atoms with E-state index in [0.29, 0.717) is 6.04 Å². The molecule has 1 N–H and O–H groups in total. The highest BCUT2D eigenvalue weighted by Crippen LogP contribution is 2.23. The summed E-state index contributed by atoms with van der Waals surface area (Å²) in [5, 5.41) is 6.71. The minimum absolute atomic E-state index is 0.330. The van der Waals surface area contributed by atoms with E-state index in [1.165, 1.54) is 0 Å². The summed E-state index contributed by atoms with van der Waals surface area (Å²) in [6.07, 6.45) is 1.15. The van der Waals surface area contributed by atoms with Gasteiger partial charge in [0.15, 0.2) is 5.13 Å². The van der Waals surface area contributed by atoms with Crippen molar-refractivity contribution in [2.24, 2.45) is 0 Å². The van der Waals surface area contributed by atoms with Crippen LogP contribution in [0.25, 0.3) is 0 Å². The molecule has 1 aromatic rings. The average Bonchev–Trinajstić information content (AvgIpc) is 2.86. The van der Waals surface area contributed by atoms with Crippen molar-refractivity contribution in [3.63, 3.8) is 0 Å². The van der Waals surface area contributed by atoms with Crippen molar-refractivity contribution in [1.29, 1.82) is 0 Å². The zero-order valence-corrected chi connectivity index (χ0v) is 12.7. The molecule has 0 aliphatic heterocycles. The fourth-order valence-electron chi connectivity index (χ4n) is 1.68. The molecule has 4 nitrogen and oxygen atoms in total. The first-order chi connectivity index (χ1) is 8.72. The molecular weight excluding hydrogens is 246 g/mol. The Labute approximate surface area is 114 Å². The van der Waals surface area contributed by atoms with E-state index in [-0.39, 0.29) is 0 Å². The van der Waals surface area contributed by atoms with Crippen LogP contribution in [0.2, 0.25) is 0 Å². The van der Waals surface area contributed by atoms with E-state index in [9.17, 15) is 0 Å². The van der Waals surface area contributed by atoms with Gasteiger partial charge in [0.2, 0.25) is 0 Å². The second-order valence-corrected chi connectivity index (χ2v) is 5.14. The van der Waals surface area contributed by atoms with E-state index in [1.54, 1.807) is 18.4 Å². The molecule has 0 fully saturated rings. The molecule has 0 saturated carbocycles. The lowest BCUT2D eigenvalue weighted by molar-refractivity contribution is 0.205. The van der Waals surface area contributed by atoms with Gasteiger partial charge in [-0.3, -0.25) is 0 Å². The number of aromatic nitrogens is 1. The molecule has 104 valence electrons. The van der Waals surface area contributed by atoms with Gasteiger partial charge in [-0.05, 0) is 26.8 Å². The Morgan fingerprint density at radius 3 is 2.89 bits per heavy atom. The molecule has 0 bridgehead atoms. The molecule has 0 spiro atoms. The summed E-state index contributed by atoms with van der Waals surface area (Å²) in [4.78, 5) is 6.97. The molecule has 0 amide bonds. The number of nitrogens with zero attached hydrogens (tertiary/aromatic N) is 2. The Balaban J connectivity index is 2.59. The maximum Gasteiger partial charge on any atom is 0.185 e. The lowest BCUT2D eigenvalue weighted by atomic mass is 10.2. The van der Waals surface area contributed by atoms with Crippen molar-refractivity contribution in [3.05, 3.63) is 11.1 Å². The SMILES string of the molecule is CCCNC(C)c1csc(N(CC)CCOC)n1. The number of ether oxygens (including phenoxy) is 1. The van der Waals surface area contributed by atoms with Gasteiger partial charge in [-0.25, -0.2) is 4.98 Å². The molecule has 1 unspecified atom stereocenters. The Morgan fingerprint density at radius 1 is 1.50 bits per heavy atom. The minimum atomic E-state index is 0.330. The first-order valence-electron chi connectivity index (χ1n) is 6.65. The summed E-state index contributed by atoms with van der Waals surface area (Å²) in [5.41, 5.74) is 1.14. The first kappa shape index (κ1) is 15.4. The maximum absolute atomic E-state index is 5.13. The number of methoxy groups -OCH3 is 1. The van der Waals surface area contributed by atoms with Crippen LogP contribution in [0.4, 0.5) is 5.13 Å². The lowest BCUT2D eigenvalue weighted by Crippen LogP contribution is -2.27. The molecule has 1 atom stereocenters. The molecule has 1 rings (SSSR count). The summed E-state index contributed by atoms with van der Waals surface area (Å²) >= 11 is 1.71. The van der Waals surface area contributed by atoms with Gasteiger partial charge in [0, 0.05) is 31.6 Å². The lowest BCUT2D eigenvalue weighted by Gasteiger charge is -2.19. The van der Waals surface area contributed by atoms with E-state index in [2.05, 4.69) is 36.4 Å². The van der Waals surface area contributed by atoms with Crippen LogP contribution >= 0.6 is 11.3 Å². The van der Waals surface area contributed by atoms with Crippen LogP contribution in [0.1, 0.15) is 38.9 Å². The molecule has 0 aliphatic carbocycles. The number of hydrogen-bond acceptors (Lipinski definition) is 5. The molecule has 5 heteroatoms. The number of nitrogens with one attached hydrogen (secondary N) is 1. The highest BCUT2D eigenvalue weighted by atomic mass is 32.1. The van der Waals surface area contributed by atoms with E-state index in [1.807, 2.05) is 0 Å². The van der Waals surface area contributed by atoms with Gasteiger partial charge in [-0.1, -0.05) is 6.92 Å². The number of anilines is 1. The fourth-order valence-corrected chi connectivity index (χ4v) is 2.69. The van der Waals surface area contributed by atoms with Crippen LogP contribution in [0.15, 0.2) is 5.38 Å². The smallest absolute Gasteiger partial charge is 0.185 e. The summed E-state index contributed by atoms with van der Waals surface area (Å²) in [6, 6.07) is 0.330. The normalized spacial score (nSPS) is 12.7. The third kappa shape index (κ3) is 4.55. The van der Waals surface area contributed by atoms with E-state index in [4.69, 9.17) is 9.72 Å². The van der Waals surface area contributed by atoms with Gasteiger partial charge in [0.25, 0.3) is 0 Å². The van der Waals surface area contributed by atoms with Gasteiger partial charge in [-0.2, -0.15) is 0 Å². The van der Waals surface area contributed by atoms with Crippen molar-refractivity contribution in [1.82, 2.24) is 10.3 Å². The van der Waals surface area contributed by atoms with Crippen molar-refractivity contribution < 1.29 is 4.74 Å². The second-order valence-electron chi connectivity index (χ2n) is 4.30. The Morgan fingerprint density at radius 2 is 2.28 bits per heavy atom. The number of rotatable bonds is 9. The van der Waals surface area contributed by atoms with Crippen molar-refractivity contribution in [3.8, 4) is 0 Å². The number of hydrogen-bond donors (Lipinski definition) is 1. The summed E-state index contributed by atoms with van der Waals surface area (Å²) in [6.45, 7) is 10.1. The van der Waals surface area contributed by atoms with E-state index >= 15 is 0 Å². The molecule has 0 aliphatic rings. The van der Waals surface area contributed by atoms with E-state index in [0.717, 1.165) is 43.5 Å². The molecule has 1 heterocycles. The summed E-state index contributed by atoms with van der Waals surface area (Å²) in [7, 11) is 1.73. The third-order valence-corrected chi connectivity index (χ3v) is 3.79. The van der Waals surface area contributed by atoms with E-state index < -0.39 is 0 Å². The zero-order chi connectivity index (χ0) is 13.4. The third-order valence-electron chi connectivity index (χ3n) is 2.87. The first-order valence-corrected chi connectivity index (χ1v) is 7.53. The maximum atomic E-state index is 5.13. The van der Waals surface area contributed by atoms with Crippen molar-refractivity contribution in [2.45, 2.75) is 33.2 Å². The summed E-state index contributed by atoms with van der Waals surface area (Å²) in [5.74, 6) is 0. The molecule has 1 aromatic heterocycles. The molecule has 18 heavy (non-hydrogen) atoms. The quantitative estimate of drug-likeness (QED) is 0.749. The van der Waals surface area contributed by atoms with Gasteiger partial charge < -0.3 is 15.0 Å². The fraction of sp³-hybridized carbons (Fsp3) is 0.769. The molecule has 0 saturated heterocycles. The Bertz CT molecular complexity index is 330. The van der Waals surface area contributed by atoms with Gasteiger partial charge in [0.05, 0.1) is 12.3 Å². The van der Waals surface area contributed by atoms with Crippen LogP contribution in [0.5, 0.6) is 0 Å². The minimum Gasteiger partial charge on any atom is -0.383 e. The second kappa shape index (κ2) is 8.45. The number of thiazole rings is 1. The Hall–Kier alpha value is -0.650. The van der Waals surface area contributed by atoms with Gasteiger partial charge in [0.1, 0.15) is 0 Å².